The van der Waals surface area contributed by atoms with Gasteiger partial charge < -0.3 is 9.15 Å². The molecule has 0 aliphatic rings. The van der Waals surface area contributed by atoms with Gasteiger partial charge in [-0.1, -0.05) is 31.2 Å². The molecule has 0 bridgehead atoms. The Morgan fingerprint density at radius 3 is 2.43 bits per heavy atom. The van der Waals surface area contributed by atoms with Crippen molar-refractivity contribution in [3.8, 4) is 0 Å². The van der Waals surface area contributed by atoms with E-state index in [0.717, 1.165) is 29.2 Å². The minimum atomic E-state index is -3.23. The molecule has 0 amide bonds. The fraction of sp³-hybridized carbons (Fsp3) is 0.273. The van der Waals surface area contributed by atoms with Crippen LogP contribution in [0.1, 0.15) is 34.0 Å². The molecule has 7 nitrogen and oxygen atoms in total. The highest BCUT2D eigenvalue weighted by Crippen LogP contribution is 2.20. The minimum Gasteiger partial charge on any atom is -0.457 e. The Morgan fingerprint density at radius 1 is 1.07 bits per heavy atom. The zero-order valence-corrected chi connectivity index (χ0v) is 17.6. The number of fused-ring (bicyclic) bond motifs is 1. The van der Waals surface area contributed by atoms with Crippen LogP contribution in [0.2, 0.25) is 0 Å². The summed E-state index contributed by atoms with van der Waals surface area (Å²) in [6, 6.07) is 13.7. The lowest BCUT2D eigenvalue weighted by Gasteiger charge is -2.09. The minimum absolute atomic E-state index is 0.0492. The quantitative estimate of drug-likeness (QED) is 0.436. The predicted molar refractivity (Wildman–Crippen MR) is 114 cm³/mol. The first-order valence-electron chi connectivity index (χ1n) is 9.51. The molecule has 158 valence electrons. The van der Waals surface area contributed by atoms with Crippen molar-refractivity contribution in [2.45, 2.75) is 26.4 Å². The molecule has 0 fully saturated rings. The topological polar surface area (TPSA) is 103 Å². The SMILES string of the molecule is CCc1ccc2c(COC(=O)c3ccc(CCNS(C)(=O)=O)cc3)cc(=O)oc2c1. The van der Waals surface area contributed by atoms with Gasteiger partial charge in [0.15, 0.2) is 0 Å². The molecule has 3 rings (SSSR count). The first kappa shape index (κ1) is 21.7. The third kappa shape index (κ3) is 5.77. The van der Waals surface area contributed by atoms with Gasteiger partial charge in [0.2, 0.25) is 10.0 Å². The monoisotopic (exact) mass is 429 g/mol. The number of hydrogen-bond donors (Lipinski definition) is 1. The van der Waals surface area contributed by atoms with Crippen LogP contribution < -0.4 is 10.3 Å². The lowest BCUT2D eigenvalue weighted by Crippen LogP contribution is -2.24. The van der Waals surface area contributed by atoms with E-state index in [1.165, 1.54) is 6.07 Å². The smallest absolute Gasteiger partial charge is 0.338 e. The van der Waals surface area contributed by atoms with Gasteiger partial charge in [0, 0.05) is 23.6 Å². The summed E-state index contributed by atoms with van der Waals surface area (Å²) in [6.45, 7) is 2.25. The van der Waals surface area contributed by atoms with Crippen molar-refractivity contribution in [3.05, 3.63) is 81.2 Å². The van der Waals surface area contributed by atoms with Crippen LogP contribution in [0.3, 0.4) is 0 Å². The van der Waals surface area contributed by atoms with E-state index in [-0.39, 0.29) is 13.2 Å². The van der Waals surface area contributed by atoms with Crippen LogP contribution in [0.15, 0.2) is 57.7 Å². The van der Waals surface area contributed by atoms with Crippen molar-refractivity contribution in [1.29, 1.82) is 0 Å². The molecule has 0 saturated heterocycles. The molecule has 0 saturated carbocycles. The van der Waals surface area contributed by atoms with E-state index in [4.69, 9.17) is 9.15 Å². The maximum Gasteiger partial charge on any atom is 0.338 e. The number of nitrogens with one attached hydrogen (secondary N) is 1. The molecule has 1 heterocycles. The van der Waals surface area contributed by atoms with Crippen LogP contribution in [0.5, 0.6) is 0 Å². The second-order valence-electron chi connectivity index (χ2n) is 6.96. The normalized spacial score (nSPS) is 11.5. The van der Waals surface area contributed by atoms with E-state index in [9.17, 15) is 18.0 Å². The number of esters is 1. The molecule has 0 spiro atoms. The molecule has 3 aromatic rings. The summed E-state index contributed by atoms with van der Waals surface area (Å²) in [5, 5.41) is 0.730. The molecule has 8 heteroatoms. The second-order valence-corrected chi connectivity index (χ2v) is 8.80. The Hall–Kier alpha value is -2.97. The Balaban J connectivity index is 1.66. The third-order valence-electron chi connectivity index (χ3n) is 4.63. The first-order chi connectivity index (χ1) is 14.2. The largest absolute Gasteiger partial charge is 0.457 e. The van der Waals surface area contributed by atoms with E-state index in [1.807, 2.05) is 25.1 Å². The average Bonchev–Trinajstić information content (AvgIpc) is 2.70. The maximum absolute atomic E-state index is 12.4. The van der Waals surface area contributed by atoms with E-state index in [2.05, 4.69) is 4.72 Å². The number of carbonyl (C=O) groups excluding carboxylic acids is 1. The summed E-state index contributed by atoms with van der Waals surface area (Å²) < 4.78 is 35.3. The van der Waals surface area contributed by atoms with Crippen molar-refractivity contribution in [3.63, 3.8) is 0 Å². The Labute approximate surface area is 174 Å². The lowest BCUT2D eigenvalue weighted by molar-refractivity contribution is 0.0474. The van der Waals surface area contributed by atoms with Crippen LogP contribution >= 0.6 is 0 Å². The van der Waals surface area contributed by atoms with Crippen LogP contribution in [0.25, 0.3) is 11.0 Å². The van der Waals surface area contributed by atoms with Crippen molar-refractivity contribution >= 4 is 27.0 Å². The number of hydrogen-bond acceptors (Lipinski definition) is 6. The molecule has 1 N–H and O–H groups in total. The third-order valence-corrected chi connectivity index (χ3v) is 5.36. The van der Waals surface area contributed by atoms with Crippen LogP contribution in [-0.2, 0) is 34.2 Å². The second kappa shape index (κ2) is 9.23. The average molecular weight is 429 g/mol. The van der Waals surface area contributed by atoms with E-state index in [1.54, 1.807) is 24.3 Å². The Morgan fingerprint density at radius 2 is 1.77 bits per heavy atom. The summed E-state index contributed by atoms with van der Waals surface area (Å²) in [5.41, 5.74) is 2.87. The molecule has 0 aliphatic carbocycles. The number of rotatable bonds is 8. The Kier molecular flexibility index (Phi) is 6.69. The van der Waals surface area contributed by atoms with E-state index < -0.39 is 21.6 Å². The predicted octanol–water partition coefficient (Wildman–Crippen LogP) is 2.80. The highest BCUT2D eigenvalue weighted by atomic mass is 32.2. The number of ether oxygens (including phenoxy) is 1. The molecule has 0 unspecified atom stereocenters. The summed E-state index contributed by atoms with van der Waals surface area (Å²) in [6.07, 6.45) is 2.43. The van der Waals surface area contributed by atoms with Gasteiger partial charge in [0.1, 0.15) is 12.2 Å². The van der Waals surface area contributed by atoms with Gasteiger partial charge in [-0.25, -0.2) is 22.7 Å². The van der Waals surface area contributed by atoms with Crippen molar-refractivity contribution in [2.75, 3.05) is 12.8 Å². The fourth-order valence-electron chi connectivity index (χ4n) is 3.03. The highest BCUT2D eigenvalue weighted by molar-refractivity contribution is 7.88. The van der Waals surface area contributed by atoms with Gasteiger partial charge in [-0.05, 0) is 42.2 Å². The summed E-state index contributed by atoms with van der Waals surface area (Å²) in [4.78, 5) is 24.2. The van der Waals surface area contributed by atoms with Gasteiger partial charge in [0.05, 0.1) is 11.8 Å². The maximum atomic E-state index is 12.4. The molecular formula is C22H23NO6S. The Bertz CT molecular complexity index is 1210. The lowest BCUT2D eigenvalue weighted by atomic mass is 10.1. The number of sulfonamides is 1. The highest BCUT2D eigenvalue weighted by Gasteiger charge is 2.11. The first-order valence-corrected chi connectivity index (χ1v) is 11.4. The summed E-state index contributed by atoms with van der Waals surface area (Å²) in [5.74, 6) is -0.512. The zero-order valence-electron chi connectivity index (χ0n) is 16.8. The molecule has 30 heavy (non-hydrogen) atoms. The van der Waals surface area contributed by atoms with Gasteiger partial charge in [-0.2, -0.15) is 0 Å². The zero-order chi connectivity index (χ0) is 21.7. The summed E-state index contributed by atoms with van der Waals surface area (Å²) in [7, 11) is -3.23. The van der Waals surface area contributed by atoms with Gasteiger partial charge in [-0.15, -0.1) is 0 Å². The van der Waals surface area contributed by atoms with Gasteiger partial charge in [-0.3, -0.25) is 0 Å². The standard InChI is InChI=1S/C22H23NO6S/c1-3-15-6-9-19-18(13-21(24)29-20(19)12-15)14-28-22(25)17-7-4-16(5-8-17)10-11-23-30(2,26)27/h4-9,12-13,23H,3,10-11,14H2,1-2H3. The number of benzene rings is 2. The van der Waals surface area contributed by atoms with Crippen molar-refractivity contribution in [1.82, 2.24) is 4.72 Å². The molecule has 0 radical (unpaired) electrons. The van der Waals surface area contributed by atoms with Gasteiger partial charge >= 0.3 is 11.6 Å². The molecule has 1 aromatic heterocycles. The summed E-state index contributed by atoms with van der Waals surface area (Å²) >= 11 is 0. The molecule has 0 atom stereocenters. The van der Waals surface area contributed by atoms with Crippen LogP contribution in [-0.4, -0.2) is 27.2 Å². The van der Waals surface area contributed by atoms with Crippen molar-refractivity contribution < 1.29 is 22.4 Å². The number of carbonyl (C=O) groups is 1. The molecule has 0 aliphatic heterocycles. The van der Waals surface area contributed by atoms with Gasteiger partial charge in [0.25, 0.3) is 0 Å². The van der Waals surface area contributed by atoms with Crippen molar-refractivity contribution in [2.24, 2.45) is 0 Å². The van der Waals surface area contributed by atoms with E-state index in [0.29, 0.717) is 23.1 Å². The van der Waals surface area contributed by atoms with Crippen LogP contribution in [0, 0.1) is 0 Å². The molecule has 2 aromatic carbocycles. The van der Waals surface area contributed by atoms with E-state index >= 15 is 0 Å². The molecular weight excluding hydrogens is 406 g/mol. The fourth-order valence-corrected chi connectivity index (χ4v) is 3.50. The van der Waals surface area contributed by atoms with Crippen LogP contribution in [0.4, 0.5) is 0 Å². The number of aryl methyl sites for hydroxylation is 1.